The Balaban J connectivity index is 2.58. The number of hydrogen-bond acceptors (Lipinski definition) is 2. The van der Waals surface area contributed by atoms with Crippen molar-refractivity contribution in [2.75, 3.05) is 11.9 Å². The van der Waals surface area contributed by atoms with Gasteiger partial charge in [-0.1, -0.05) is 29.8 Å². The summed E-state index contributed by atoms with van der Waals surface area (Å²) in [7, 11) is 0. The summed E-state index contributed by atoms with van der Waals surface area (Å²) < 4.78 is 14.1. The van der Waals surface area contributed by atoms with Gasteiger partial charge in [-0.25, -0.2) is 9.18 Å². The lowest BCUT2D eigenvalue weighted by Crippen LogP contribution is -2.43. The van der Waals surface area contributed by atoms with Crippen molar-refractivity contribution in [3.63, 3.8) is 0 Å². The van der Waals surface area contributed by atoms with E-state index >= 15 is 0 Å². The fourth-order valence-corrected chi connectivity index (χ4v) is 1.87. The van der Waals surface area contributed by atoms with Gasteiger partial charge in [-0.3, -0.25) is 0 Å². The first-order valence-electron chi connectivity index (χ1n) is 6.12. The van der Waals surface area contributed by atoms with E-state index in [1.807, 2.05) is 13.8 Å². The molecule has 6 heteroatoms. The molecule has 1 rings (SSSR count). The molecule has 0 aliphatic rings. The van der Waals surface area contributed by atoms with Crippen LogP contribution >= 0.6 is 15.9 Å². The summed E-state index contributed by atoms with van der Waals surface area (Å²) >= 11 is 3.20. The number of benzene rings is 1. The Labute approximate surface area is 120 Å². The predicted octanol–water partition coefficient (Wildman–Crippen LogP) is 3.26. The summed E-state index contributed by atoms with van der Waals surface area (Å²) in [6.45, 7) is 3.82. The summed E-state index contributed by atoms with van der Waals surface area (Å²) in [5.74, 6) is -0.514. The quantitative estimate of drug-likeness (QED) is 0.775. The van der Waals surface area contributed by atoms with Crippen LogP contribution in [0, 0.1) is 5.82 Å². The zero-order chi connectivity index (χ0) is 14.5. The van der Waals surface area contributed by atoms with Gasteiger partial charge in [-0.05, 0) is 31.0 Å². The number of hydrogen-bond donors (Lipinski definition) is 3. The number of nitrogens with one attached hydrogen (secondary N) is 2. The minimum absolute atomic E-state index is 0.0865. The van der Waals surface area contributed by atoms with E-state index in [0.717, 1.165) is 0 Å². The number of aliphatic hydroxyl groups is 1. The SMILES string of the molecule is CCC(O)(CC)CNC(=O)Nc1cc(Br)ccc1F. The summed E-state index contributed by atoms with van der Waals surface area (Å²) in [6.07, 6.45) is 1.07. The molecule has 19 heavy (non-hydrogen) atoms. The average molecular weight is 333 g/mol. The second-order valence-electron chi connectivity index (χ2n) is 4.36. The molecule has 106 valence electrons. The van der Waals surface area contributed by atoms with Gasteiger partial charge in [0.15, 0.2) is 0 Å². The molecular weight excluding hydrogens is 315 g/mol. The third-order valence-electron chi connectivity index (χ3n) is 3.07. The molecule has 0 bridgehead atoms. The Morgan fingerprint density at radius 2 is 2.05 bits per heavy atom. The van der Waals surface area contributed by atoms with Gasteiger partial charge in [0.05, 0.1) is 11.3 Å². The smallest absolute Gasteiger partial charge is 0.319 e. The van der Waals surface area contributed by atoms with Gasteiger partial charge in [-0.15, -0.1) is 0 Å². The van der Waals surface area contributed by atoms with Crippen LogP contribution in [0.3, 0.4) is 0 Å². The molecule has 0 fully saturated rings. The molecule has 3 N–H and O–H groups in total. The first-order chi connectivity index (χ1) is 8.90. The van der Waals surface area contributed by atoms with E-state index < -0.39 is 17.4 Å². The highest BCUT2D eigenvalue weighted by molar-refractivity contribution is 9.10. The Morgan fingerprint density at radius 1 is 1.42 bits per heavy atom. The molecule has 0 aliphatic heterocycles. The van der Waals surface area contributed by atoms with Gasteiger partial charge >= 0.3 is 6.03 Å². The summed E-state index contributed by atoms with van der Waals surface area (Å²) in [6, 6.07) is 3.73. The van der Waals surface area contributed by atoms with Crippen molar-refractivity contribution in [2.24, 2.45) is 0 Å². The molecule has 0 saturated carbocycles. The van der Waals surface area contributed by atoms with Gasteiger partial charge in [0, 0.05) is 11.0 Å². The van der Waals surface area contributed by atoms with E-state index in [2.05, 4.69) is 26.6 Å². The maximum absolute atomic E-state index is 13.4. The molecule has 0 saturated heterocycles. The van der Waals surface area contributed by atoms with Crippen molar-refractivity contribution in [2.45, 2.75) is 32.3 Å². The normalized spacial score (nSPS) is 11.2. The number of anilines is 1. The third kappa shape index (κ3) is 4.80. The van der Waals surface area contributed by atoms with Crippen molar-refractivity contribution in [3.8, 4) is 0 Å². The highest BCUT2D eigenvalue weighted by Gasteiger charge is 2.22. The van der Waals surface area contributed by atoms with Crippen LogP contribution in [0.1, 0.15) is 26.7 Å². The number of urea groups is 1. The number of rotatable bonds is 5. The Bertz CT molecular complexity index is 450. The Kier molecular flexibility index (Phi) is 5.75. The Morgan fingerprint density at radius 3 is 2.63 bits per heavy atom. The van der Waals surface area contributed by atoms with Crippen molar-refractivity contribution < 1.29 is 14.3 Å². The molecule has 0 heterocycles. The van der Waals surface area contributed by atoms with Crippen LogP contribution in [0.5, 0.6) is 0 Å². The first-order valence-corrected chi connectivity index (χ1v) is 6.92. The molecule has 0 radical (unpaired) electrons. The fraction of sp³-hybridized carbons (Fsp3) is 0.462. The minimum Gasteiger partial charge on any atom is -0.388 e. The highest BCUT2D eigenvalue weighted by Crippen LogP contribution is 2.20. The maximum Gasteiger partial charge on any atom is 0.319 e. The van der Waals surface area contributed by atoms with E-state index in [-0.39, 0.29) is 12.2 Å². The molecule has 4 nitrogen and oxygen atoms in total. The van der Waals surface area contributed by atoms with Crippen LogP contribution in [-0.4, -0.2) is 23.3 Å². The maximum atomic E-state index is 13.4. The Hall–Kier alpha value is -1.14. The topological polar surface area (TPSA) is 61.4 Å². The van der Waals surface area contributed by atoms with Crippen LogP contribution in [0.2, 0.25) is 0 Å². The zero-order valence-electron chi connectivity index (χ0n) is 11.0. The molecule has 1 aromatic rings. The van der Waals surface area contributed by atoms with Crippen molar-refractivity contribution in [3.05, 3.63) is 28.5 Å². The highest BCUT2D eigenvalue weighted by atomic mass is 79.9. The number of amides is 2. The molecule has 1 aromatic carbocycles. The monoisotopic (exact) mass is 332 g/mol. The summed E-state index contributed by atoms with van der Waals surface area (Å²) in [5, 5.41) is 15.0. The van der Waals surface area contributed by atoms with Crippen LogP contribution in [0.15, 0.2) is 22.7 Å². The second-order valence-corrected chi connectivity index (χ2v) is 5.28. The lowest BCUT2D eigenvalue weighted by molar-refractivity contribution is 0.0354. The largest absolute Gasteiger partial charge is 0.388 e. The van der Waals surface area contributed by atoms with Crippen LogP contribution in [-0.2, 0) is 0 Å². The third-order valence-corrected chi connectivity index (χ3v) is 3.56. The average Bonchev–Trinajstić information content (AvgIpc) is 2.40. The van der Waals surface area contributed by atoms with E-state index in [1.165, 1.54) is 12.1 Å². The van der Waals surface area contributed by atoms with Crippen molar-refractivity contribution in [1.82, 2.24) is 5.32 Å². The van der Waals surface area contributed by atoms with Gasteiger partial charge in [-0.2, -0.15) is 0 Å². The summed E-state index contributed by atoms with van der Waals surface area (Å²) in [5.41, 5.74) is -0.837. The number of carbonyl (C=O) groups excluding carboxylic acids is 1. The fourth-order valence-electron chi connectivity index (χ4n) is 1.50. The molecule has 0 aromatic heterocycles. The van der Waals surface area contributed by atoms with E-state index in [0.29, 0.717) is 17.3 Å². The first kappa shape index (κ1) is 15.9. The van der Waals surface area contributed by atoms with Gasteiger partial charge in [0.25, 0.3) is 0 Å². The lowest BCUT2D eigenvalue weighted by atomic mass is 9.98. The minimum atomic E-state index is -0.923. The second kappa shape index (κ2) is 6.86. The van der Waals surface area contributed by atoms with Crippen molar-refractivity contribution in [1.29, 1.82) is 0 Å². The molecule has 0 atom stereocenters. The van der Waals surface area contributed by atoms with E-state index in [9.17, 15) is 14.3 Å². The summed E-state index contributed by atoms with van der Waals surface area (Å²) in [4.78, 5) is 11.6. The predicted molar refractivity (Wildman–Crippen MR) is 76.7 cm³/mol. The lowest BCUT2D eigenvalue weighted by Gasteiger charge is -2.25. The van der Waals surface area contributed by atoms with Gasteiger partial charge < -0.3 is 15.7 Å². The van der Waals surface area contributed by atoms with Crippen LogP contribution < -0.4 is 10.6 Å². The number of carbonyl (C=O) groups is 1. The zero-order valence-corrected chi connectivity index (χ0v) is 12.6. The van der Waals surface area contributed by atoms with E-state index in [4.69, 9.17) is 0 Å². The molecule has 0 unspecified atom stereocenters. The van der Waals surface area contributed by atoms with Gasteiger partial charge in [0.1, 0.15) is 5.82 Å². The van der Waals surface area contributed by atoms with Crippen LogP contribution in [0.25, 0.3) is 0 Å². The van der Waals surface area contributed by atoms with E-state index in [1.54, 1.807) is 6.07 Å². The number of halogens is 2. The van der Waals surface area contributed by atoms with Gasteiger partial charge in [0.2, 0.25) is 0 Å². The molecule has 0 aliphatic carbocycles. The molecular formula is C13H18BrFN2O2. The van der Waals surface area contributed by atoms with Crippen LogP contribution in [0.4, 0.5) is 14.9 Å². The molecule has 2 amide bonds. The standard InChI is InChI=1S/C13H18BrFN2O2/c1-3-13(19,4-2)8-16-12(18)17-11-7-9(14)5-6-10(11)15/h5-7,19H,3-4,8H2,1-2H3,(H2,16,17,18). The molecule has 0 spiro atoms. The van der Waals surface area contributed by atoms with Crippen molar-refractivity contribution >= 4 is 27.6 Å².